The van der Waals surface area contributed by atoms with E-state index in [-0.39, 0.29) is 17.8 Å². The Morgan fingerprint density at radius 3 is 2.72 bits per heavy atom. The number of hydrogen-bond acceptors (Lipinski definition) is 4. The zero-order chi connectivity index (χ0) is 20.8. The third kappa shape index (κ3) is 5.78. The third-order valence-corrected chi connectivity index (χ3v) is 5.67. The van der Waals surface area contributed by atoms with Crippen LogP contribution in [0.15, 0.2) is 53.9 Å². The molecule has 1 unspecified atom stereocenters. The summed E-state index contributed by atoms with van der Waals surface area (Å²) >= 11 is 7.46. The molecule has 1 heterocycles. The van der Waals surface area contributed by atoms with E-state index in [2.05, 4.69) is 4.98 Å². The van der Waals surface area contributed by atoms with Gasteiger partial charge in [0.1, 0.15) is 23.2 Å². The lowest BCUT2D eigenvalue weighted by Gasteiger charge is -2.28. The predicted octanol–water partition coefficient (Wildman–Crippen LogP) is 5.96. The first-order chi connectivity index (χ1) is 14.0. The van der Waals surface area contributed by atoms with Gasteiger partial charge in [-0.1, -0.05) is 24.6 Å². The number of benzene rings is 2. The van der Waals surface area contributed by atoms with Crippen LogP contribution in [0, 0.1) is 5.82 Å². The summed E-state index contributed by atoms with van der Waals surface area (Å²) in [6.45, 7) is 4.75. The number of amides is 1. The SMILES string of the molecule is CCC(C)N(Cc1csc(COc2cccc(Cl)c2)n1)C(=O)c1ccc(F)cc1. The molecule has 0 spiro atoms. The van der Waals surface area contributed by atoms with Crippen LogP contribution in [0.1, 0.15) is 41.3 Å². The van der Waals surface area contributed by atoms with Crippen molar-refractivity contribution in [2.24, 2.45) is 0 Å². The van der Waals surface area contributed by atoms with E-state index in [0.29, 0.717) is 29.5 Å². The number of rotatable bonds is 8. The van der Waals surface area contributed by atoms with Crippen molar-refractivity contribution in [3.05, 3.63) is 81.0 Å². The Balaban J connectivity index is 1.68. The summed E-state index contributed by atoms with van der Waals surface area (Å²) in [7, 11) is 0. The lowest BCUT2D eigenvalue weighted by molar-refractivity contribution is 0.0669. The molecule has 0 fully saturated rings. The first kappa shape index (κ1) is 21.3. The van der Waals surface area contributed by atoms with Gasteiger partial charge in [-0.2, -0.15) is 0 Å². The fourth-order valence-electron chi connectivity index (χ4n) is 2.77. The number of nitrogens with zero attached hydrogens (tertiary/aromatic N) is 2. The van der Waals surface area contributed by atoms with Gasteiger partial charge < -0.3 is 9.64 Å². The zero-order valence-corrected chi connectivity index (χ0v) is 17.8. The van der Waals surface area contributed by atoms with Crippen molar-refractivity contribution < 1.29 is 13.9 Å². The topological polar surface area (TPSA) is 42.4 Å². The second-order valence-electron chi connectivity index (χ2n) is 6.68. The predicted molar refractivity (Wildman–Crippen MR) is 114 cm³/mol. The molecule has 3 aromatic rings. The number of carbonyl (C=O) groups excluding carboxylic acids is 1. The Bertz CT molecular complexity index is 961. The second kappa shape index (κ2) is 9.85. The summed E-state index contributed by atoms with van der Waals surface area (Å²) in [6.07, 6.45) is 0.807. The quantitative estimate of drug-likeness (QED) is 0.441. The normalized spacial score (nSPS) is 11.9. The zero-order valence-electron chi connectivity index (χ0n) is 16.3. The lowest BCUT2D eigenvalue weighted by atomic mass is 10.1. The summed E-state index contributed by atoms with van der Waals surface area (Å²) in [5.41, 5.74) is 1.27. The number of halogens is 2. The smallest absolute Gasteiger partial charge is 0.254 e. The molecule has 3 rings (SSSR count). The number of ether oxygens (including phenoxy) is 1. The van der Waals surface area contributed by atoms with Gasteiger partial charge >= 0.3 is 0 Å². The van der Waals surface area contributed by atoms with Crippen molar-refractivity contribution in [1.82, 2.24) is 9.88 Å². The van der Waals surface area contributed by atoms with Gasteiger partial charge in [0.15, 0.2) is 0 Å². The first-order valence-electron chi connectivity index (χ1n) is 9.34. The molecule has 4 nitrogen and oxygen atoms in total. The first-order valence-corrected chi connectivity index (χ1v) is 10.6. The third-order valence-electron chi connectivity index (χ3n) is 4.56. The molecule has 152 valence electrons. The molecule has 29 heavy (non-hydrogen) atoms. The fourth-order valence-corrected chi connectivity index (χ4v) is 3.65. The highest BCUT2D eigenvalue weighted by Gasteiger charge is 2.22. The van der Waals surface area contributed by atoms with Crippen LogP contribution in [0.5, 0.6) is 5.75 Å². The van der Waals surface area contributed by atoms with Gasteiger partial charge in [-0.25, -0.2) is 9.37 Å². The van der Waals surface area contributed by atoms with Gasteiger partial charge in [0.2, 0.25) is 0 Å². The highest BCUT2D eigenvalue weighted by atomic mass is 35.5. The van der Waals surface area contributed by atoms with Gasteiger partial charge in [0, 0.05) is 22.0 Å². The molecule has 0 N–H and O–H groups in total. The molecule has 1 amide bonds. The molecule has 0 radical (unpaired) electrons. The summed E-state index contributed by atoms with van der Waals surface area (Å²) in [6, 6.07) is 12.9. The van der Waals surface area contributed by atoms with E-state index in [1.54, 1.807) is 17.0 Å². The van der Waals surface area contributed by atoms with Gasteiger partial charge in [-0.3, -0.25) is 4.79 Å². The van der Waals surface area contributed by atoms with E-state index in [0.717, 1.165) is 17.1 Å². The van der Waals surface area contributed by atoms with Gasteiger partial charge in [0.05, 0.1) is 12.2 Å². The van der Waals surface area contributed by atoms with Crippen molar-refractivity contribution in [3.8, 4) is 5.75 Å². The Morgan fingerprint density at radius 1 is 1.28 bits per heavy atom. The van der Waals surface area contributed by atoms with Crippen molar-refractivity contribution in [1.29, 1.82) is 0 Å². The maximum absolute atomic E-state index is 13.2. The van der Waals surface area contributed by atoms with Gasteiger partial charge in [0.25, 0.3) is 5.91 Å². The average molecular weight is 433 g/mol. The minimum atomic E-state index is -0.361. The molecule has 0 saturated heterocycles. The molecule has 7 heteroatoms. The Hall–Kier alpha value is -2.44. The summed E-state index contributed by atoms with van der Waals surface area (Å²) in [4.78, 5) is 19.3. The summed E-state index contributed by atoms with van der Waals surface area (Å²) in [5, 5.41) is 3.37. The maximum Gasteiger partial charge on any atom is 0.254 e. The molecule has 1 aromatic heterocycles. The molecular weight excluding hydrogens is 411 g/mol. The van der Waals surface area contributed by atoms with Gasteiger partial charge in [-0.05, 0) is 55.8 Å². The Labute approximate surface area is 178 Å². The minimum Gasteiger partial charge on any atom is -0.486 e. The molecule has 2 aromatic carbocycles. The molecule has 1 atom stereocenters. The highest BCUT2D eigenvalue weighted by molar-refractivity contribution is 7.09. The number of aromatic nitrogens is 1. The Kier molecular flexibility index (Phi) is 7.23. The Morgan fingerprint density at radius 2 is 2.03 bits per heavy atom. The second-order valence-corrected chi connectivity index (χ2v) is 8.05. The molecule has 0 aliphatic carbocycles. The largest absolute Gasteiger partial charge is 0.486 e. The molecule has 0 bridgehead atoms. The fraction of sp³-hybridized carbons (Fsp3) is 0.273. The highest BCUT2D eigenvalue weighted by Crippen LogP contribution is 2.21. The lowest BCUT2D eigenvalue weighted by Crippen LogP contribution is -2.37. The molecule has 0 aliphatic heterocycles. The monoisotopic (exact) mass is 432 g/mol. The summed E-state index contributed by atoms with van der Waals surface area (Å²) in [5.74, 6) is 0.187. The maximum atomic E-state index is 13.2. The number of hydrogen-bond donors (Lipinski definition) is 0. The van der Waals surface area contributed by atoms with Crippen molar-refractivity contribution in [3.63, 3.8) is 0 Å². The van der Waals surface area contributed by atoms with Crippen LogP contribution in [-0.4, -0.2) is 21.8 Å². The van der Waals surface area contributed by atoms with E-state index in [4.69, 9.17) is 16.3 Å². The van der Waals surface area contributed by atoms with Crippen molar-refractivity contribution in [2.45, 2.75) is 39.5 Å². The van der Waals surface area contributed by atoms with Crippen LogP contribution in [0.25, 0.3) is 0 Å². The van der Waals surface area contributed by atoms with E-state index in [1.165, 1.54) is 35.6 Å². The summed E-state index contributed by atoms with van der Waals surface area (Å²) < 4.78 is 18.9. The van der Waals surface area contributed by atoms with Crippen molar-refractivity contribution in [2.75, 3.05) is 0 Å². The van der Waals surface area contributed by atoms with Crippen molar-refractivity contribution >= 4 is 28.8 Å². The van der Waals surface area contributed by atoms with Crippen LogP contribution in [0.2, 0.25) is 5.02 Å². The van der Waals surface area contributed by atoms with E-state index >= 15 is 0 Å². The van der Waals surface area contributed by atoms with Crippen LogP contribution >= 0.6 is 22.9 Å². The van der Waals surface area contributed by atoms with Gasteiger partial charge in [-0.15, -0.1) is 11.3 Å². The minimum absolute atomic E-state index is 0.0282. The van der Waals surface area contributed by atoms with E-state index in [9.17, 15) is 9.18 Å². The van der Waals surface area contributed by atoms with E-state index in [1.807, 2.05) is 31.4 Å². The molecule has 0 aliphatic rings. The average Bonchev–Trinajstić information content (AvgIpc) is 3.17. The molecular formula is C22H22ClFN2O2S. The standard InChI is InChI=1S/C22H22ClFN2O2S/c1-3-15(2)26(22(27)16-7-9-18(24)10-8-16)12-19-14-29-21(25-19)13-28-20-6-4-5-17(23)11-20/h4-11,14-15H,3,12-13H2,1-2H3. The van der Waals surface area contributed by atoms with Crippen LogP contribution in [-0.2, 0) is 13.2 Å². The van der Waals surface area contributed by atoms with Crippen LogP contribution in [0.4, 0.5) is 4.39 Å². The molecule has 0 saturated carbocycles. The number of thiazole rings is 1. The van der Waals surface area contributed by atoms with E-state index < -0.39 is 0 Å². The number of carbonyl (C=O) groups is 1. The van der Waals surface area contributed by atoms with Crippen LogP contribution in [0.3, 0.4) is 0 Å². The van der Waals surface area contributed by atoms with Crippen LogP contribution < -0.4 is 4.74 Å².